The Kier molecular flexibility index (Phi) is 5.92. The first-order valence-corrected chi connectivity index (χ1v) is 9.95. The molecule has 0 radical (unpaired) electrons. The van der Waals surface area contributed by atoms with Crippen molar-refractivity contribution in [3.05, 3.63) is 48.8 Å². The summed E-state index contributed by atoms with van der Waals surface area (Å²) >= 11 is 0. The molecule has 1 aromatic carbocycles. The maximum Gasteiger partial charge on any atom is 0.411 e. The summed E-state index contributed by atoms with van der Waals surface area (Å²) in [5.41, 5.74) is 0.457. The Balaban J connectivity index is 1.69. The molecule has 8 nitrogen and oxygen atoms in total. The Hall–Kier alpha value is -2.65. The van der Waals surface area contributed by atoms with Crippen LogP contribution >= 0.6 is 0 Å². The van der Waals surface area contributed by atoms with Crippen LogP contribution in [0.4, 0.5) is 10.5 Å². The van der Waals surface area contributed by atoms with Gasteiger partial charge in [-0.2, -0.15) is 4.31 Å². The number of carbonyl (C=O) groups is 1. The van der Waals surface area contributed by atoms with Gasteiger partial charge in [0.25, 0.3) is 0 Å². The van der Waals surface area contributed by atoms with Gasteiger partial charge in [-0.05, 0) is 49.2 Å². The number of benzene rings is 1. The molecule has 1 aliphatic rings. The van der Waals surface area contributed by atoms with Crippen molar-refractivity contribution in [3.8, 4) is 5.75 Å². The fourth-order valence-corrected chi connectivity index (χ4v) is 4.37. The van der Waals surface area contributed by atoms with E-state index in [4.69, 9.17) is 4.74 Å². The third kappa shape index (κ3) is 4.75. The summed E-state index contributed by atoms with van der Waals surface area (Å²) < 4.78 is 37.7. The summed E-state index contributed by atoms with van der Waals surface area (Å²) in [5, 5.41) is 2.49. The van der Waals surface area contributed by atoms with Gasteiger partial charge in [0.15, 0.2) is 0 Å². The van der Waals surface area contributed by atoms with Crippen molar-refractivity contribution in [1.29, 1.82) is 0 Å². The minimum Gasteiger partial charge on any atom is -0.489 e. The molecule has 2 heterocycles. The summed E-state index contributed by atoms with van der Waals surface area (Å²) in [4.78, 5) is 15.3. The molecular formula is C18H21N3O5S. The number of methoxy groups -OCH3 is 1. The van der Waals surface area contributed by atoms with Gasteiger partial charge in [-0.25, -0.2) is 13.2 Å². The van der Waals surface area contributed by atoms with Crippen LogP contribution in [0.3, 0.4) is 0 Å². The van der Waals surface area contributed by atoms with Crippen LogP contribution in [0.1, 0.15) is 12.8 Å². The van der Waals surface area contributed by atoms with Gasteiger partial charge >= 0.3 is 6.09 Å². The zero-order chi connectivity index (χ0) is 19.3. The second-order valence-electron chi connectivity index (χ2n) is 6.07. The molecule has 1 N–H and O–H groups in total. The van der Waals surface area contributed by atoms with Crippen molar-refractivity contribution >= 4 is 21.8 Å². The van der Waals surface area contributed by atoms with Crippen molar-refractivity contribution in [2.45, 2.75) is 23.8 Å². The van der Waals surface area contributed by atoms with Crippen molar-refractivity contribution in [2.24, 2.45) is 0 Å². The predicted molar refractivity (Wildman–Crippen MR) is 99.1 cm³/mol. The molecular weight excluding hydrogens is 370 g/mol. The van der Waals surface area contributed by atoms with Crippen LogP contribution in [-0.2, 0) is 14.8 Å². The van der Waals surface area contributed by atoms with Crippen molar-refractivity contribution < 1.29 is 22.7 Å². The number of nitrogens with one attached hydrogen (secondary N) is 1. The van der Waals surface area contributed by atoms with E-state index in [9.17, 15) is 13.2 Å². The zero-order valence-corrected chi connectivity index (χ0v) is 15.7. The average molecular weight is 391 g/mol. The molecule has 2 aromatic rings. The van der Waals surface area contributed by atoms with Gasteiger partial charge in [-0.15, -0.1) is 0 Å². The largest absolute Gasteiger partial charge is 0.489 e. The third-order valence-corrected chi connectivity index (χ3v) is 6.10. The highest BCUT2D eigenvalue weighted by Crippen LogP contribution is 2.24. The third-order valence-electron chi connectivity index (χ3n) is 4.22. The molecule has 1 aliphatic heterocycles. The van der Waals surface area contributed by atoms with Gasteiger partial charge in [0.05, 0.1) is 18.6 Å². The van der Waals surface area contributed by atoms with Gasteiger partial charge in [0, 0.05) is 24.6 Å². The minimum absolute atomic E-state index is 0.169. The van der Waals surface area contributed by atoms with E-state index in [0.29, 0.717) is 18.0 Å². The maximum absolute atomic E-state index is 12.9. The highest BCUT2D eigenvalue weighted by atomic mass is 32.2. The fraction of sp³-hybridized carbons (Fsp3) is 0.333. The first-order chi connectivity index (χ1) is 13.0. The van der Waals surface area contributed by atoms with Crippen LogP contribution in [0.2, 0.25) is 0 Å². The van der Waals surface area contributed by atoms with Crippen molar-refractivity contribution in [3.63, 3.8) is 0 Å². The number of rotatable bonds is 5. The van der Waals surface area contributed by atoms with E-state index >= 15 is 0 Å². The van der Waals surface area contributed by atoms with E-state index in [1.165, 1.54) is 35.7 Å². The molecule has 27 heavy (non-hydrogen) atoms. The van der Waals surface area contributed by atoms with E-state index in [-0.39, 0.29) is 17.5 Å². The molecule has 1 aromatic heterocycles. The second-order valence-corrected chi connectivity index (χ2v) is 8.01. The van der Waals surface area contributed by atoms with E-state index < -0.39 is 16.1 Å². The number of piperidine rings is 1. The van der Waals surface area contributed by atoms with Crippen LogP contribution in [0, 0.1) is 0 Å². The number of hydrogen-bond donors (Lipinski definition) is 1. The summed E-state index contributed by atoms with van der Waals surface area (Å²) in [7, 11) is -2.38. The van der Waals surface area contributed by atoms with E-state index in [1.807, 2.05) is 0 Å². The average Bonchev–Trinajstić information content (AvgIpc) is 2.69. The normalized spacial score (nSPS) is 17.9. The highest BCUT2D eigenvalue weighted by molar-refractivity contribution is 7.89. The number of sulfonamides is 1. The highest BCUT2D eigenvalue weighted by Gasteiger charge is 2.31. The molecule has 0 spiro atoms. The Morgan fingerprint density at radius 3 is 2.56 bits per heavy atom. The number of nitrogens with zero attached hydrogens (tertiary/aromatic N) is 2. The number of carbonyl (C=O) groups excluding carboxylic acids is 1. The monoisotopic (exact) mass is 391 g/mol. The molecule has 1 fully saturated rings. The SMILES string of the molecule is COC(=O)Nc1ccc(S(=O)(=O)N2CCC[C@@H](Oc3ccncc3)C2)cc1. The molecule has 1 atom stereocenters. The van der Waals surface area contributed by atoms with Crippen LogP contribution in [-0.4, -0.2) is 50.1 Å². The Morgan fingerprint density at radius 1 is 1.19 bits per heavy atom. The molecule has 0 unspecified atom stereocenters. The molecule has 0 bridgehead atoms. The van der Waals surface area contributed by atoms with Gasteiger partial charge in [-0.1, -0.05) is 0 Å². The molecule has 1 saturated heterocycles. The van der Waals surface area contributed by atoms with Gasteiger partial charge < -0.3 is 9.47 Å². The summed E-state index contributed by atoms with van der Waals surface area (Å²) in [5.74, 6) is 0.674. The summed E-state index contributed by atoms with van der Waals surface area (Å²) in [6.07, 6.45) is 3.95. The van der Waals surface area contributed by atoms with Crippen molar-refractivity contribution in [1.82, 2.24) is 9.29 Å². The van der Waals surface area contributed by atoms with Crippen LogP contribution in [0.5, 0.6) is 5.75 Å². The Bertz CT molecular complexity index is 872. The number of hydrogen-bond acceptors (Lipinski definition) is 6. The lowest BCUT2D eigenvalue weighted by atomic mass is 10.1. The zero-order valence-electron chi connectivity index (χ0n) is 14.9. The van der Waals surface area contributed by atoms with Gasteiger partial charge in [-0.3, -0.25) is 10.3 Å². The number of amides is 1. The maximum atomic E-state index is 12.9. The molecule has 144 valence electrons. The number of anilines is 1. The minimum atomic E-state index is -3.64. The second kappa shape index (κ2) is 8.36. The molecule has 3 rings (SSSR count). The molecule has 0 saturated carbocycles. The van der Waals surface area contributed by atoms with E-state index in [2.05, 4.69) is 15.0 Å². The summed E-state index contributed by atoms with van der Waals surface area (Å²) in [6.45, 7) is 0.730. The van der Waals surface area contributed by atoms with Gasteiger partial charge in [0.1, 0.15) is 11.9 Å². The van der Waals surface area contributed by atoms with Crippen LogP contribution in [0.15, 0.2) is 53.7 Å². The number of ether oxygens (including phenoxy) is 2. The predicted octanol–water partition coefficient (Wildman–Crippen LogP) is 2.49. The van der Waals surface area contributed by atoms with Crippen LogP contribution in [0.25, 0.3) is 0 Å². The molecule has 1 amide bonds. The lowest BCUT2D eigenvalue weighted by Crippen LogP contribution is -2.44. The van der Waals surface area contributed by atoms with E-state index in [1.54, 1.807) is 24.5 Å². The lowest BCUT2D eigenvalue weighted by Gasteiger charge is -2.32. The lowest BCUT2D eigenvalue weighted by molar-refractivity contribution is 0.129. The first kappa shape index (κ1) is 19.1. The first-order valence-electron chi connectivity index (χ1n) is 8.51. The molecule has 0 aliphatic carbocycles. The number of pyridine rings is 1. The Morgan fingerprint density at radius 2 is 1.89 bits per heavy atom. The smallest absolute Gasteiger partial charge is 0.411 e. The van der Waals surface area contributed by atoms with Gasteiger partial charge in [0.2, 0.25) is 10.0 Å². The summed E-state index contributed by atoms with van der Waals surface area (Å²) in [6, 6.07) is 9.49. The van der Waals surface area contributed by atoms with Crippen LogP contribution < -0.4 is 10.1 Å². The standard InChI is InChI=1S/C18H21N3O5S/c1-25-18(22)20-14-4-6-17(7-5-14)27(23,24)21-12-2-3-16(13-21)26-15-8-10-19-11-9-15/h4-11,16H,2-3,12-13H2,1H3,(H,20,22)/t16-/m1/s1. The topological polar surface area (TPSA) is 97.8 Å². The fourth-order valence-electron chi connectivity index (χ4n) is 2.86. The quantitative estimate of drug-likeness (QED) is 0.841. The Labute approximate surface area is 158 Å². The van der Waals surface area contributed by atoms with E-state index in [0.717, 1.165) is 12.8 Å². The number of aromatic nitrogens is 1. The molecule has 9 heteroatoms. The van der Waals surface area contributed by atoms with Crippen molar-refractivity contribution in [2.75, 3.05) is 25.5 Å².